The lowest BCUT2D eigenvalue weighted by atomic mass is 10.0. The third kappa shape index (κ3) is 8.74. The summed E-state index contributed by atoms with van der Waals surface area (Å²) < 4.78 is 0. The van der Waals surface area contributed by atoms with Crippen LogP contribution in [0.2, 0.25) is 0 Å². The van der Waals surface area contributed by atoms with Crippen LogP contribution in [-0.4, -0.2) is 47.4 Å². The van der Waals surface area contributed by atoms with Gasteiger partial charge in [0.2, 0.25) is 11.8 Å². The molecule has 2 amide bonds. The van der Waals surface area contributed by atoms with E-state index in [4.69, 9.17) is 5.73 Å². The third-order valence-corrected chi connectivity index (χ3v) is 5.18. The molecule has 1 fully saturated rings. The molecule has 1 saturated heterocycles. The molecule has 1 aliphatic rings. The Hall–Kier alpha value is -0.930. The van der Waals surface area contributed by atoms with Crippen molar-refractivity contribution in [1.29, 1.82) is 0 Å². The number of nitrogens with one attached hydrogen (secondary N) is 2. The standard InChI is InChI=1S/C17H29N5O2S.2ClH/c1-11(2)15(18)16(24)19-7-14(23)21-17-20-13(10-25-17)9-22-6-4-5-12(3)8-22;;/h10-12,15H,4-9,18H2,1-3H3,(H,19,24)(H,20,21,23);2*1H/t12?,15-;;/m0../s1. The molecule has 7 nitrogen and oxygen atoms in total. The SMILES string of the molecule is CC1CCCN(Cc2csc(NC(=O)CNC(=O)[C@@H](N)C(C)C)n2)C1.Cl.Cl. The van der Waals surface area contributed by atoms with Crippen molar-refractivity contribution in [2.45, 2.75) is 46.2 Å². The molecule has 4 N–H and O–H groups in total. The van der Waals surface area contributed by atoms with Crippen LogP contribution < -0.4 is 16.4 Å². The van der Waals surface area contributed by atoms with Gasteiger partial charge in [0.1, 0.15) is 0 Å². The minimum absolute atomic E-state index is 0. The van der Waals surface area contributed by atoms with E-state index >= 15 is 0 Å². The Labute approximate surface area is 177 Å². The first-order chi connectivity index (χ1) is 11.8. The van der Waals surface area contributed by atoms with Gasteiger partial charge in [-0.15, -0.1) is 36.2 Å². The Bertz CT molecular complexity index is 600. The summed E-state index contributed by atoms with van der Waals surface area (Å²) in [6, 6.07) is -0.605. The van der Waals surface area contributed by atoms with Crippen molar-refractivity contribution in [3.8, 4) is 0 Å². The maximum Gasteiger partial charge on any atom is 0.245 e. The zero-order valence-electron chi connectivity index (χ0n) is 16.1. The zero-order chi connectivity index (χ0) is 18.4. The largest absolute Gasteiger partial charge is 0.346 e. The monoisotopic (exact) mass is 439 g/mol. The number of likely N-dealkylation sites (tertiary alicyclic amines) is 1. The van der Waals surface area contributed by atoms with Crippen molar-refractivity contribution in [1.82, 2.24) is 15.2 Å². The topological polar surface area (TPSA) is 100 Å². The first kappa shape index (κ1) is 26.1. The van der Waals surface area contributed by atoms with Crippen LogP contribution in [0.5, 0.6) is 0 Å². The van der Waals surface area contributed by atoms with Crippen molar-refractivity contribution >= 4 is 53.1 Å². The minimum atomic E-state index is -0.605. The molecule has 0 saturated carbocycles. The number of anilines is 1. The van der Waals surface area contributed by atoms with Gasteiger partial charge in [0.15, 0.2) is 5.13 Å². The molecular formula is C17H31Cl2N5O2S. The summed E-state index contributed by atoms with van der Waals surface area (Å²) in [5.41, 5.74) is 6.71. The normalized spacial score (nSPS) is 18.2. The Morgan fingerprint density at radius 2 is 2.11 bits per heavy atom. The molecule has 156 valence electrons. The van der Waals surface area contributed by atoms with E-state index in [0.29, 0.717) is 5.13 Å². The zero-order valence-corrected chi connectivity index (χ0v) is 18.5. The first-order valence-corrected chi connectivity index (χ1v) is 9.73. The second-order valence-corrected chi connectivity index (χ2v) is 8.02. The van der Waals surface area contributed by atoms with Gasteiger partial charge in [-0.3, -0.25) is 14.5 Å². The highest BCUT2D eigenvalue weighted by molar-refractivity contribution is 7.13. The number of carbonyl (C=O) groups excluding carboxylic acids is 2. The summed E-state index contributed by atoms with van der Waals surface area (Å²) in [6.45, 7) is 8.93. The molecule has 10 heteroatoms. The predicted molar refractivity (Wildman–Crippen MR) is 115 cm³/mol. The molecule has 0 aliphatic carbocycles. The number of amides is 2. The van der Waals surface area contributed by atoms with Gasteiger partial charge in [0.25, 0.3) is 0 Å². The fraction of sp³-hybridized carbons (Fsp3) is 0.706. The summed E-state index contributed by atoms with van der Waals surface area (Å²) >= 11 is 1.41. The Balaban J connectivity index is 0.00000338. The van der Waals surface area contributed by atoms with Gasteiger partial charge in [-0.05, 0) is 31.2 Å². The Morgan fingerprint density at radius 3 is 2.74 bits per heavy atom. The molecule has 1 aromatic rings. The summed E-state index contributed by atoms with van der Waals surface area (Å²) in [4.78, 5) is 30.6. The highest BCUT2D eigenvalue weighted by atomic mass is 35.5. The highest BCUT2D eigenvalue weighted by Gasteiger charge is 2.19. The van der Waals surface area contributed by atoms with E-state index in [-0.39, 0.29) is 49.1 Å². The molecule has 2 heterocycles. The minimum Gasteiger partial charge on any atom is -0.346 e. The lowest BCUT2D eigenvalue weighted by molar-refractivity contribution is -0.125. The maximum atomic E-state index is 11.9. The van der Waals surface area contributed by atoms with Crippen LogP contribution in [0.25, 0.3) is 0 Å². The van der Waals surface area contributed by atoms with E-state index in [1.165, 1.54) is 24.2 Å². The summed E-state index contributed by atoms with van der Waals surface area (Å²) in [7, 11) is 0. The van der Waals surface area contributed by atoms with Gasteiger partial charge in [0.05, 0.1) is 18.3 Å². The lowest BCUT2D eigenvalue weighted by Crippen LogP contribution is -2.46. The number of nitrogens with two attached hydrogens (primary N) is 1. The number of carbonyl (C=O) groups is 2. The Kier molecular flexibility index (Phi) is 12.1. The molecular weight excluding hydrogens is 409 g/mol. The van der Waals surface area contributed by atoms with Crippen molar-refractivity contribution in [3.05, 3.63) is 11.1 Å². The summed E-state index contributed by atoms with van der Waals surface area (Å²) in [6.07, 6.45) is 2.52. The highest BCUT2D eigenvalue weighted by Crippen LogP contribution is 2.20. The van der Waals surface area contributed by atoms with Gasteiger partial charge in [-0.1, -0.05) is 20.8 Å². The number of rotatable bonds is 7. The predicted octanol–water partition coefficient (Wildman–Crippen LogP) is 2.26. The maximum absolute atomic E-state index is 11.9. The van der Waals surface area contributed by atoms with Gasteiger partial charge >= 0.3 is 0 Å². The molecule has 0 bridgehead atoms. The van der Waals surface area contributed by atoms with Crippen LogP contribution in [0.4, 0.5) is 5.13 Å². The molecule has 2 rings (SSSR count). The van der Waals surface area contributed by atoms with Crippen LogP contribution in [0.3, 0.4) is 0 Å². The van der Waals surface area contributed by atoms with Gasteiger partial charge in [-0.25, -0.2) is 4.98 Å². The number of piperidine rings is 1. The van der Waals surface area contributed by atoms with Gasteiger partial charge in [0, 0.05) is 18.5 Å². The summed E-state index contributed by atoms with van der Waals surface area (Å²) in [5.74, 6) is 0.149. The van der Waals surface area contributed by atoms with E-state index in [1.54, 1.807) is 0 Å². The number of halogens is 2. The van der Waals surface area contributed by atoms with Crippen LogP contribution in [0, 0.1) is 11.8 Å². The first-order valence-electron chi connectivity index (χ1n) is 8.85. The fourth-order valence-corrected chi connectivity index (χ4v) is 3.57. The van der Waals surface area contributed by atoms with Crippen LogP contribution >= 0.6 is 36.2 Å². The average molecular weight is 440 g/mol. The van der Waals surface area contributed by atoms with Gasteiger partial charge < -0.3 is 16.4 Å². The van der Waals surface area contributed by atoms with Gasteiger partial charge in [-0.2, -0.15) is 0 Å². The van der Waals surface area contributed by atoms with Crippen LogP contribution in [0.15, 0.2) is 5.38 Å². The second kappa shape index (κ2) is 12.5. The molecule has 1 unspecified atom stereocenters. The van der Waals surface area contributed by atoms with Crippen molar-refractivity contribution in [3.63, 3.8) is 0 Å². The molecule has 1 aromatic heterocycles. The van der Waals surface area contributed by atoms with E-state index < -0.39 is 6.04 Å². The smallest absolute Gasteiger partial charge is 0.245 e. The van der Waals surface area contributed by atoms with E-state index in [2.05, 4.69) is 27.4 Å². The number of nitrogens with zero attached hydrogens (tertiary/aromatic N) is 2. The number of thiazole rings is 1. The van der Waals surface area contributed by atoms with Crippen LogP contribution in [0.1, 0.15) is 39.3 Å². The fourth-order valence-electron chi connectivity index (χ4n) is 2.85. The van der Waals surface area contributed by atoms with Crippen molar-refractivity contribution < 1.29 is 9.59 Å². The van der Waals surface area contributed by atoms with Crippen molar-refractivity contribution in [2.75, 3.05) is 25.0 Å². The van der Waals surface area contributed by atoms with Crippen molar-refractivity contribution in [2.24, 2.45) is 17.6 Å². The number of aromatic nitrogens is 1. The number of hydrogen-bond acceptors (Lipinski definition) is 6. The van der Waals surface area contributed by atoms with E-state index in [0.717, 1.165) is 31.2 Å². The number of hydrogen-bond donors (Lipinski definition) is 3. The molecule has 0 spiro atoms. The van der Waals surface area contributed by atoms with E-state index in [9.17, 15) is 9.59 Å². The Morgan fingerprint density at radius 1 is 1.41 bits per heavy atom. The quantitative estimate of drug-likeness (QED) is 0.604. The second-order valence-electron chi connectivity index (χ2n) is 7.16. The summed E-state index contributed by atoms with van der Waals surface area (Å²) in [5, 5.41) is 7.82. The molecule has 1 aliphatic heterocycles. The molecule has 0 aromatic carbocycles. The van der Waals surface area contributed by atoms with E-state index in [1.807, 2.05) is 19.2 Å². The lowest BCUT2D eigenvalue weighted by Gasteiger charge is -2.30. The van der Waals surface area contributed by atoms with Crippen LogP contribution in [-0.2, 0) is 16.1 Å². The molecule has 0 radical (unpaired) electrons. The molecule has 27 heavy (non-hydrogen) atoms. The third-order valence-electron chi connectivity index (χ3n) is 4.37. The average Bonchev–Trinajstić information content (AvgIpc) is 2.98. The molecule has 2 atom stereocenters.